The average molecular weight is 244 g/mol. The van der Waals surface area contributed by atoms with Crippen LogP contribution in [0.2, 0.25) is 0 Å². The molecule has 0 aliphatic heterocycles. The van der Waals surface area contributed by atoms with E-state index in [0.717, 1.165) is 0 Å². The Bertz CT molecular complexity index is 591. The molecule has 2 aromatic rings. The highest BCUT2D eigenvalue weighted by Crippen LogP contribution is 2.10. The van der Waals surface area contributed by atoms with Gasteiger partial charge >= 0.3 is 0 Å². The van der Waals surface area contributed by atoms with Crippen LogP contribution in [0.15, 0.2) is 42.6 Å². The van der Waals surface area contributed by atoms with Gasteiger partial charge in [0.25, 0.3) is 5.91 Å². The molecule has 1 amide bonds. The molecule has 90 valence electrons. The third kappa shape index (κ3) is 2.40. The van der Waals surface area contributed by atoms with Gasteiger partial charge in [-0.15, -0.1) is 0 Å². The normalized spacial score (nSPS) is 10.1. The zero-order valence-corrected chi connectivity index (χ0v) is 9.26. The minimum absolute atomic E-state index is 0.0886. The topological polar surface area (TPSA) is 73.1 Å². The maximum absolute atomic E-state index is 12.7. The lowest BCUT2D eigenvalue weighted by atomic mass is 10.0. The number of nitrogens with two attached hydrogens (primary N) is 1. The van der Waals surface area contributed by atoms with Crippen molar-refractivity contribution >= 4 is 11.7 Å². The smallest absolute Gasteiger partial charge is 0.267 e. The Morgan fingerprint density at radius 2 is 1.61 bits per heavy atom. The molecular weight excluding hydrogens is 235 g/mol. The Labute approximate surface area is 102 Å². The summed E-state index contributed by atoms with van der Waals surface area (Å²) in [5.74, 6) is -1.36. The third-order valence-electron chi connectivity index (χ3n) is 2.38. The van der Waals surface area contributed by atoms with E-state index in [1.807, 2.05) is 0 Å². The van der Waals surface area contributed by atoms with Gasteiger partial charge in [0.1, 0.15) is 11.5 Å². The molecule has 1 aromatic carbocycles. The number of carbonyl (C=O) groups excluding carboxylic acids is 2. The first-order valence-corrected chi connectivity index (χ1v) is 5.14. The highest BCUT2D eigenvalue weighted by atomic mass is 19.1. The molecule has 4 nitrogen and oxygen atoms in total. The minimum atomic E-state index is -0.657. The second kappa shape index (κ2) is 4.75. The van der Waals surface area contributed by atoms with Crippen molar-refractivity contribution in [2.75, 3.05) is 0 Å². The van der Waals surface area contributed by atoms with Gasteiger partial charge in [-0.25, -0.2) is 4.39 Å². The highest BCUT2D eigenvalue weighted by Gasteiger charge is 2.10. The van der Waals surface area contributed by atoms with Gasteiger partial charge in [-0.3, -0.25) is 14.6 Å². The van der Waals surface area contributed by atoms with Crippen molar-refractivity contribution in [3.8, 4) is 0 Å². The van der Waals surface area contributed by atoms with Crippen molar-refractivity contribution < 1.29 is 14.0 Å². The Morgan fingerprint density at radius 1 is 1.00 bits per heavy atom. The van der Waals surface area contributed by atoms with E-state index in [0.29, 0.717) is 11.1 Å². The molecule has 2 rings (SSSR count). The number of primary amides is 1. The number of hydrogen-bond acceptors (Lipinski definition) is 3. The van der Waals surface area contributed by atoms with Crippen LogP contribution in [0, 0.1) is 5.82 Å². The molecule has 1 heterocycles. The number of pyridine rings is 1. The first-order chi connectivity index (χ1) is 8.58. The van der Waals surface area contributed by atoms with E-state index in [1.54, 1.807) is 0 Å². The van der Waals surface area contributed by atoms with Gasteiger partial charge in [-0.05, 0) is 36.4 Å². The van der Waals surface area contributed by atoms with Crippen molar-refractivity contribution in [2.45, 2.75) is 0 Å². The molecular formula is C13H9FN2O2. The minimum Gasteiger partial charge on any atom is -0.364 e. The summed E-state index contributed by atoms with van der Waals surface area (Å²) >= 11 is 0. The molecule has 1 aromatic heterocycles. The second-order valence-corrected chi connectivity index (χ2v) is 3.63. The molecule has 5 heteroatoms. The quantitative estimate of drug-likeness (QED) is 0.832. The number of halogens is 1. The number of ketones is 1. The Balaban J connectivity index is 2.28. The molecule has 0 spiro atoms. The Kier molecular flexibility index (Phi) is 3.14. The van der Waals surface area contributed by atoms with Crippen LogP contribution in [0.4, 0.5) is 4.39 Å². The molecule has 0 aliphatic rings. The first kappa shape index (κ1) is 11.9. The van der Waals surface area contributed by atoms with Crippen LogP contribution < -0.4 is 5.73 Å². The number of benzene rings is 1. The highest BCUT2D eigenvalue weighted by molar-refractivity contribution is 6.09. The molecule has 0 saturated carbocycles. The standard InChI is InChI=1S/C13H9FN2O2/c14-10-4-1-8(2-5-10)12(17)9-3-6-11(13(15)18)16-7-9/h1-7H,(H2,15,18). The summed E-state index contributed by atoms with van der Waals surface area (Å²) in [6, 6.07) is 8.02. The van der Waals surface area contributed by atoms with E-state index < -0.39 is 11.7 Å². The zero-order chi connectivity index (χ0) is 13.1. The van der Waals surface area contributed by atoms with E-state index in [4.69, 9.17) is 5.73 Å². The zero-order valence-electron chi connectivity index (χ0n) is 9.26. The monoisotopic (exact) mass is 244 g/mol. The molecule has 2 N–H and O–H groups in total. The maximum Gasteiger partial charge on any atom is 0.267 e. The summed E-state index contributed by atoms with van der Waals surface area (Å²) in [5.41, 5.74) is 5.79. The summed E-state index contributed by atoms with van der Waals surface area (Å²) in [5, 5.41) is 0. The maximum atomic E-state index is 12.7. The van der Waals surface area contributed by atoms with Crippen molar-refractivity contribution in [2.24, 2.45) is 5.73 Å². The summed E-state index contributed by atoms with van der Waals surface area (Å²) in [6.45, 7) is 0. The molecule has 18 heavy (non-hydrogen) atoms. The van der Waals surface area contributed by atoms with Gasteiger partial charge in [-0.2, -0.15) is 0 Å². The van der Waals surface area contributed by atoms with Crippen LogP contribution in [-0.4, -0.2) is 16.7 Å². The van der Waals surface area contributed by atoms with Gasteiger partial charge in [0, 0.05) is 17.3 Å². The predicted octanol–water partition coefficient (Wildman–Crippen LogP) is 1.55. The molecule has 0 unspecified atom stereocenters. The van der Waals surface area contributed by atoms with E-state index in [2.05, 4.69) is 4.98 Å². The fourth-order valence-electron chi connectivity index (χ4n) is 1.44. The van der Waals surface area contributed by atoms with Gasteiger partial charge < -0.3 is 5.73 Å². The SMILES string of the molecule is NC(=O)c1ccc(C(=O)c2ccc(F)cc2)cn1. The fourth-order valence-corrected chi connectivity index (χ4v) is 1.44. The number of aromatic nitrogens is 1. The van der Waals surface area contributed by atoms with Crippen molar-refractivity contribution in [3.05, 3.63) is 65.2 Å². The van der Waals surface area contributed by atoms with Crippen molar-refractivity contribution in [1.29, 1.82) is 0 Å². The van der Waals surface area contributed by atoms with Crippen LogP contribution in [0.5, 0.6) is 0 Å². The summed E-state index contributed by atoms with van der Waals surface area (Å²) < 4.78 is 12.7. The summed E-state index contributed by atoms with van der Waals surface area (Å²) in [4.78, 5) is 26.6. The molecule has 0 radical (unpaired) electrons. The molecule has 0 atom stereocenters. The van der Waals surface area contributed by atoms with Crippen LogP contribution >= 0.6 is 0 Å². The number of nitrogens with zero attached hydrogens (tertiary/aromatic N) is 1. The van der Waals surface area contributed by atoms with Crippen LogP contribution in [0.25, 0.3) is 0 Å². The number of amides is 1. The van der Waals surface area contributed by atoms with E-state index in [-0.39, 0.29) is 11.5 Å². The lowest BCUT2D eigenvalue weighted by Gasteiger charge is -2.01. The Morgan fingerprint density at radius 3 is 2.11 bits per heavy atom. The molecule has 0 saturated heterocycles. The fraction of sp³-hybridized carbons (Fsp3) is 0. The number of carbonyl (C=O) groups is 2. The van der Waals surface area contributed by atoms with E-state index in [1.165, 1.54) is 42.6 Å². The lowest BCUT2D eigenvalue weighted by molar-refractivity contribution is 0.0991. The summed E-state index contributed by atoms with van der Waals surface area (Å²) in [6.07, 6.45) is 1.27. The third-order valence-corrected chi connectivity index (χ3v) is 2.38. The van der Waals surface area contributed by atoms with Gasteiger partial charge in [0.2, 0.25) is 0 Å². The molecule has 0 aliphatic carbocycles. The van der Waals surface area contributed by atoms with Crippen molar-refractivity contribution in [3.63, 3.8) is 0 Å². The second-order valence-electron chi connectivity index (χ2n) is 3.63. The number of rotatable bonds is 3. The van der Waals surface area contributed by atoms with Gasteiger partial charge in [0.05, 0.1) is 0 Å². The van der Waals surface area contributed by atoms with E-state index in [9.17, 15) is 14.0 Å². The number of hydrogen-bond donors (Lipinski definition) is 1. The summed E-state index contributed by atoms with van der Waals surface area (Å²) in [7, 11) is 0. The van der Waals surface area contributed by atoms with Gasteiger partial charge in [-0.1, -0.05) is 0 Å². The molecule has 0 fully saturated rings. The Hall–Kier alpha value is -2.56. The average Bonchev–Trinajstić information content (AvgIpc) is 2.39. The van der Waals surface area contributed by atoms with Crippen LogP contribution in [0.1, 0.15) is 26.4 Å². The van der Waals surface area contributed by atoms with Crippen LogP contribution in [-0.2, 0) is 0 Å². The van der Waals surface area contributed by atoms with Crippen molar-refractivity contribution in [1.82, 2.24) is 4.98 Å². The van der Waals surface area contributed by atoms with E-state index >= 15 is 0 Å². The largest absolute Gasteiger partial charge is 0.364 e. The lowest BCUT2D eigenvalue weighted by Crippen LogP contribution is -2.13. The van der Waals surface area contributed by atoms with Crippen LogP contribution in [0.3, 0.4) is 0 Å². The molecule has 0 bridgehead atoms. The predicted molar refractivity (Wildman–Crippen MR) is 62.6 cm³/mol. The first-order valence-electron chi connectivity index (χ1n) is 5.14. The van der Waals surface area contributed by atoms with Gasteiger partial charge in [0.15, 0.2) is 5.78 Å².